The Bertz CT molecular complexity index is 361. The maximum absolute atomic E-state index is 9.65. The van der Waals surface area contributed by atoms with Gasteiger partial charge in [0.15, 0.2) is 0 Å². The van der Waals surface area contributed by atoms with Gasteiger partial charge >= 0.3 is 0 Å². The third kappa shape index (κ3) is 4.70. The van der Waals surface area contributed by atoms with Gasteiger partial charge in [0.05, 0.1) is 6.10 Å². The molecule has 1 atom stereocenters. The maximum Gasteiger partial charge on any atom is 0.228 e. The quantitative estimate of drug-likeness (QED) is 0.716. The number of aliphatic hydroxyl groups excluding tert-OH is 1. The number of halogens is 1. The lowest BCUT2D eigenvalue weighted by Gasteiger charge is -2.15. The number of aromatic nitrogens is 3. The van der Waals surface area contributed by atoms with E-state index in [1.165, 1.54) is 0 Å². The molecule has 0 bridgehead atoms. The van der Waals surface area contributed by atoms with E-state index in [1.54, 1.807) is 0 Å². The summed E-state index contributed by atoms with van der Waals surface area (Å²) in [6.07, 6.45) is -0.451. The van der Waals surface area contributed by atoms with Crippen LogP contribution in [0.1, 0.15) is 20.8 Å². The van der Waals surface area contributed by atoms with Gasteiger partial charge < -0.3 is 15.7 Å². The summed E-state index contributed by atoms with van der Waals surface area (Å²) in [4.78, 5) is 12.0. The van der Waals surface area contributed by atoms with Crippen LogP contribution in [0.4, 0.5) is 11.9 Å². The minimum Gasteiger partial charge on any atom is -0.391 e. The molecule has 0 aromatic carbocycles. The first-order chi connectivity index (χ1) is 8.02. The zero-order chi connectivity index (χ0) is 12.8. The predicted molar refractivity (Wildman–Crippen MR) is 68.3 cm³/mol. The van der Waals surface area contributed by atoms with Gasteiger partial charge in [-0.2, -0.15) is 15.0 Å². The minimum absolute atomic E-state index is 0.123. The van der Waals surface area contributed by atoms with Gasteiger partial charge in [-0.3, -0.25) is 0 Å². The van der Waals surface area contributed by atoms with E-state index in [4.69, 9.17) is 11.6 Å². The molecular formula is C10H18ClN5O. The summed E-state index contributed by atoms with van der Waals surface area (Å²) in [5.41, 5.74) is 0. The molecule has 0 aliphatic heterocycles. The van der Waals surface area contributed by atoms with Gasteiger partial charge in [-0.25, -0.2) is 0 Å². The van der Waals surface area contributed by atoms with Gasteiger partial charge in [0.25, 0.3) is 0 Å². The minimum atomic E-state index is -0.451. The van der Waals surface area contributed by atoms with Gasteiger partial charge in [0.1, 0.15) is 0 Å². The fourth-order valence-electron chi connectivity index (χ4n) is 1.10. The van der Waals surface area contributed by atoms with Crippen LogP contribution in [0.3, 0.4) is 0 Å². The van der Waals surface area contributed by atoms with E-state index >= 15 is 0 Å². The van der Waals surface area contributed by atoms with Crippen molar-refractivity contribution in [1.82, 2.24) is 15.0 Å². The molecule has 0 aliphatic carbocycles. The largest absolute Gasteiger partial charge is 0.391 e. The molecule has 17 heavy (non-hydrogen) atoms. The Morgan fingerprint density at radius 2 is 1.76 bits per heavy atom. The van der Waals surface area contributed by atoms with Crippen LogP contribution in [0.15, 0.2) is 0 Å². The summed E-state index contributed by atoms with van der Waals surface area (Å²) in [6.45, 7) is 6.90. The number of rotatable bonds is 6. The molecule has 0 spiro atoms. The van der Waals surface area contributed by atoms with Crippen LogP contribution in [-0.4, -0.2) is 39.3 Å². The van der Waals surface area contributed by atoms with Gasteiger partial charge in [0.2, 0.25) is 17.2 Å². The smallest absolute Gasteiger partial charge is 0.228 e. The van der Waals surface area contributed by atoms with E-state index in [-0.39, 0.29) is 11.2 Å². The topological polar surface area (TPSA) is 83.0 Å². The Kier molecular flexibility index (Phi) is 5.37. The highest BCUT2D eigenvalue weighted by molar-refractivity contribution is 6.28. The molecule has 0 fully saturated rings. The lowest BCUT2D eigenvalue weighted by atomic mass is 10.1. The molecule has 96 valence electrons. The first-order valence-electron chi connectivity index (χ1n) is 5.60. The van der Waals surface area contributed by atoms with E-state index in [1.807, 2.05) is 20.8 Å². The fraction of sp³-hybridized carbons (Fsp3) is 0.700. The highest BCUT2D eigenvalue weighted by Crippen LogP contribution is 2.10. The van der Waals surface area contributed by atoms with E-state index in [9.17, 15) is 5.11 Å². The molecule has 0 saturated carbocycles. The van der Waals surface area contributed by atoms with Crippen molar-refractivity contribution in [3.05, 3.63) is 5.28 Å². The fourth-order valence-corrected chi connectivity index (χ4v) is 1.26. The summed E-state index contributed by atoms with van der Waals surface area (Å²) >= 11 is 5.76. The van der Waals surface area contributed by atoms with Crippen LogP contribution in [0.5, 0.6) is 0 Å². The van der Waals surface area contributed by atoms with E-state index in [0.717, 1.165) is 0 Å². The second-order valence-corrected chi connectivity index (χ2v) is 4.31. The molecule has 0 amide bonds. The number of nitrogens with one attached hydrogen (secondary N) is 2. The highest BCUT2D eigenvalue weighted by atomic mass is 35.5. The first kappa shape index (κ1) is 13.9. The van der Waals surface area contributed by atoms with Gasteiger partial charge in [0, 0.05) is 13.1 Å². The van der Waals surface area contributed by atoms with Crippen LogP contribution in [-0.2, 0) is 0 Å². The zero-order valence-corrected chi connectivity index (χ0v) is 11.0. The SMILES string of the molecule is CCNc1nc(Cl)nc(NCC(O)C(C)C)n1. The third-order valence-corrected chi connectivity index (χ3v) is 2.35. The van der Waals surface area contributed by atoms with Crippen molar-refractivity contribution in [3.8, 4) is 0 Å². The monoisotopic (exact) mass is 259 g/mol. The van der Waals surface area contributed by atoms with Crippen molar-refractivity contribution in [2.24, 2.45) is 5.92 Å². The summed E-state index contributed by atoms with van der Waals surface area (Å²) in [7, 11) is 0. The lowest BCUT2D eigenvalue weighted by Crippen LogP contribution is -2.25. The second kappa shape index (κ2) is 6.56. The lowest BCUT2D eigenvalue weighted by molar-refractivity contribution is 0.137. The molecule has 6 nitrogen and oxygen atoms in total. The predicted octanol–water partition coefficient (Wildman–Crippen LogP) is 1.39. The number of hydrogen-bond acceptors (Lipinski definition) is 6. The Morgan fingerprint density at radius 1 is 1.18 bits per heavy atom. The summed E-state index contributed by atoms with van der Waals surface area (Å²) in [5.74, 6) is 0.961. The molecule has 1 unspecified atom stereocenters. The number of nitrogens with zero attached hydrogens (tertiary/aromatic N) is 3. The molecular weight excluding hydrogens is 242 g/mol. The molecule has 1 aromatic heterocycles. The summed E-state index contributed by atoms with van der Waals surface area (Å²) in [6, 6.07) is 0. The summed E-state index contributed by atoms with van der Waals surface area (Å²) < 4.78 is 0. The molecule has 0 saturated heterocycles. The van der Waals surface area contributed by atoms with Gasteiger partial charge in [-0.1, -0.05) is 13.8 Å². The van der Waals surface area contributed by atoms with E-state index in [2.05, 4.69) is 25.6 Å². The second-order valence-electron chi connectivity index (χ2n) is 3.97. The molecule has 1 aromatic rings. The van der Waals surface area contributed by atoms with E-state index in [0.29, 0.717) is 25.0 Å². The average molecular weight is 260 g/mol. The Balaban J connectivity index is 2.64. The molecule has 7 heteroatoms. The third-order valence-electron chi connectivity index (χ3n) is 2.18. The number of hydrogen-bond donors (Lipinski definition) is 3. The average Bonchev–Trinajstić information content (AvgIpc) is 2.25. The highest BCUT2D eigenvalue weighted by Gasteiger charge is 2.10. The van der Waals surface area contributed by atoms with Crippen molar-refractivity contribution in [3.63, 3.8) is 0 Å². The van der Waals surface area contributed by atoms with Crippen molar-refractivity contribution in [2.75, 3.05) is 23.7 Å². The van der Waals surface area contributed by atoms with E-state index < -0.39 is 6.10 Å². The number of anilines is 2. The Hall–Kier alpha value is -1.14. The standard InChI is InChI=1S/C10H18ClN5O/c1-4-12-9-14-8(11)15-10(16-9)13-5-7(17)6(2)3/h6-7,17H,4-5H2,1-3H3,(H2,12,13,14,15,16). The molecule has 0 radical (unpaired) electrons. The van der Waals surface area contributed by atoms with Crippen LogP contribution < -0.4 is 10.6 Å². The van der Waals surface area contributed by atoms with Gasteiger partial charge in [-0.15, -0.1) is 0 Å². The molecule has 0 aliphatic rings. The Labute approximate surface area is 106 Å². The van der Waals surface area contributed by atoms with Crippen LogP contribution in [0.2, 0.25) is 5.28 Å². The molecule has 1 rings (SSSR count). The van der Waals surface area contributed by atoms with Crippen molar-refractivity contribution >= 4 is 23.5 Å². The Morgan fingerprint density at radius 3 is 2.29 bits per heavy atom. The van der Waals surface area contributed by atoms with Crippen LogP contribution in [0, 0.1) is 5.92 Å². The van der Waals surface area contributed by atoms with Gasteiger partial charge in [-0.05, 0) is 24.4 Å². The normalized spacial score (nSPS) is 12.6. The zero-order valence-electron chi connectivity index (χ0n) is 10.2. The summed E-state index contributed by atoms with van der Waals surface area (Å²) in [5, 5.41) is 15.6. The van der Waals surface area contributed by atoms with Crippen molar-refractivity contribution in [2.45, 2.75) is 26.9 Å². The first-order valence-corrected chi connectivity index (χ1v) is 5.98. The van der Waals surface area contributed by atoms with Crippen LogP contribution >= 0.6 is 11.6 Å². The van der Waals surface area contributed by atoms with Crippen LogP contribution in [0.25, 0.3) is 0 Å². The number of aliphatic hydroxyl groups is 1. The van der Waals surface area contributed by atoms with Crippen molar-refractivity contribution < 1.29 is 5.11 Å². The molecule has 1 heterocycles. The maximum atomic E-state index is 9.65. The molecule has 3 N–H and O–H groups in total. The van der Waals surface area contributed by atoms with Crippen molar-refractivity contribution in [1.29, 1.82) is 0 Å².